The highest BCUT2D eigenvalue weighted by molar-refractivity contribution is 5.97. The molecule has 0 saturated carbocycles. The summed E-state index contributed by atoms with van der Waals surface area (Å²) >= 11 is 0. The van der Waals surface area contributed by atoms with Crippen LogP contribution < -0.4 is 5.32 Å². The number of halogens is 1. The number of alkyl halides is 1. The molecule has 3 rings (SSSR count). The minimum atomic E-state index is -1.99. The maximum absolute atomic E-state index is 13.6. The van der Waals surface area contributed by atoms with Gasteiger partial charge in [-0.15, -0.1) is 15.3 Å². The van der Waals surface area contributed by atoms with Gasteiger partial charge in [0.15, 0.2) is 11.5 Å². The zero-order chi connectivity index (χ0) is 16.6. The molecule has 1 N–H and O–H groups in total. The molecule has 0 aliphatic heterocycles. The summed E-state index contributed by atoms with van der Waals surface area (Å²) in [5, 5.41) is 19.0. The number of benzene rings is 1. The van der Waals surface area contributed by atoms with E-state index in [1.54, 1.807) is 30.1 Å². The Morgan fingerprint density at radius 3 is 2.65 bits per heavy atom. The molecular weight excluding hydrogens is 299 g/mol. The topological polar surface area (TPSA) is 85.6 Å². The standard InChI is InChI=1S/C15H15FN6O/c1-15(2,16)14(23)17-13-7-10-6-9(4-5-11(10)18-20-13)12-8-22(3)21-19-12/h4-8H,1-3H3,(H,17,20,23). The monoisotopic (exact) mass is 314 g/mol. The number of carbonyl (C=O) groups is 1. The van der Waals surface area contributed by atoms with E-state index in [9.17, 15) is 9.18 Å². The van der Waals surface area contributed by atoms with Gasteiger partial charge >= 0.3 is 0 Å². The third-order valence-electron chi connectivity index (χ3n) is 3.27. The molecule has 1 amide bonds. The van der Waals surface area contributed by atoms with Gasteiger partial charge in [-0.2, -0.15) is 0 Å². The van der Waals surface area contributed by atoms with E-state index < -0.39 is 11.6 Å². The van der Waals surface area contributed by atoms with Gasteiger partial charge in [0.2, 0.25) is 0 Å². The van der Waals surface area contributed by atoms with E-state index in [1.807, 2.05) is 12.1 Å². The highest BCUT2D eigenvalue weighted by Crippen LogP contribution is 2.23. The Morgan fingerprint density at radius 2 is 2.00 bits per heavy atom. The molecule has 0 aliphatic rings. The first-order valence-corrected chi connectivity index (χ1v) is 6.97. The smallest absolute Gasteiger partial charge is 0.262 e. The predicted octanol–water partition coefficient (Wildman–Crippen LogP) is 2.11. The van der Waals surface area contributed by atoms with Gasteiger partial charge < -0.3 is 5.32 Å². The van der Waals surface area contributed by atoms with Crippen LogP contribution in [-0.4, -0.2) is 36.8 Å². The van der Waals surface area contributed by atoms with Crippen molar-refractivity contribution in [2.75, 3.05) is 5.32 Å². The summed E-state index contributed by atoms with van der Waals surface area (Å²) in [4.78, 5) is 11.7. The van der Waals surface area contributed by atoms with Crippen molar-refractivity contribution in [1.29, 1.82) is 0 Å². The highest BCUT2D eigenvalue weighted by atomic mass is 19.1. The van der Waals surface area contributed by atoms with Crippen LogP contribution in [0.5, 0.6) is 0 Å². The van der Waals surface area contributed by atoms with Crippen LogP contribution in [0.2, 0.25) is 0 Å². The molecule has 2 heterocycles. The van der Waals surface area contributed by atoms with Crippen molar-refractivity contribution in [3.8, 4) is 11.3 Å². The average Bonchev–Trinajstić information content (AvgIpc) is 2.92. The number of hydrogen-bond acceptors (Lipinski definition) is 5. The van der Waals surface area contributed by atoms with E-state index in [4.69, 9.17) is 0 Å². The van der Waals surface area contributed by atoms with Gasteiger partial charge in [-0.1, -0.05) is 11.3 Å². The molecule has 0 bridgehead atoms. The van der Waals surface area contributed by atoms with Crippen LogP contribution in [0.1, 0.15) is 13.8 Å². The number of hydrogen-bond donors (Lipinski definition) is 1. The fourth-order valence-electron chi connectivity index (χ4n) is 2.01. The normalized spacial score (nSPS) is 11.7. The predicted molar refractivity (Wildman–Crippen MR) is 83.4 cm³/mol. The summed E-state index contributed by atoms with van der Waals surface area (Å²) in [5.41, 5.74) is 0.261. The van der Waals surface area contributed by atoms with Crippen LogP contribution in [0.25, 0.3) is 22.2 Å². The molecule has 0 unspecified atom stereocenters. The summed E-state index contributed by atoms with van der Waals surface area (Å²) in [5.74, 6) is -0.569. The number of aryl methyl sites for hydroxylation is 1. The van der Waals surface area contributed by atoms with E-state index in [0.29, 0.717) is 5.52 Å². The van der Waals surface area contributed by atoms with Crippen molar-refractivity contribution >= 4 is 22.6 Å². The number of aromatic nitrogens is 5. The SMILES string of the molecule is Cn1cc(-c2ccc3nnc(NC(=O)C(C)(C)F)cc3c2)nn1. The number of fused-ring (bicyclic) bond motifs is 1. The molecule has 0 saturated heterocycles. The first-order valence-electron chi connectivity index (χ1n) is 6.97. The van der Waals surface area contributed by atoms with Crippen LogP contribution in [0.15, 0.2) is 30.5 Å². The lowest BCUT2D eigenvalue weighted by Gasteiger charge is -2.13. The molecule has 0 radical (unpaired) electrons. The van der Waals surface area contributed by atoms with E-state index >= 15 is 0 Å². The van der Waals surface area contributed by atoms with Crippen molar-refractivity contribution in [2.24, 2.45) is 7.05 Å². The van der Waals surface area contributed by atoms with Gasteiger partial charge in [0.1, 0.15) is 5.69 Å². The molecule has 0 spiro atoms. The summed E-state index contributed by atoms with van der Waals surface area (Å²) in [7, 11) is 1.79. The lowest BCUT2D eigenvalue weighted by molar-refractivity contribution is -0.125. The van der Waals surface area contributed by atoms with E-state index in [1.165, 1.54) is 13.8 Å². The summed E-state index contributed by atoms with van der Waals surface area (Å²) < 4.78 is 15.2. The second-order valence-electron chi connectivity index (χ2n) is 5.71. The molecule has 23 heavy (non-hydrogen) atoms. The molecule has 0 fully saturated rings. The minimum absolute atomic E-state index is 0.199. The van der Waals surface area contributed by atoms with Crippen molar-refractivity contribution in [2.45, 2.75) is 19.5 Å². The molecule has 2 aromatic heterocycles. The van der Waals surface area contributed by atoms with Gasteiger partial charge in [0, 0.05) is 18.0 Å². The van der Waals surface area contributed by atoms with Crippen molar-refractivity contribution in [3.63, 3.8) is 0 Å². The van der Waals surface area contributed by atoms with Crippen LogP contribution in [0.4, 0.5) is 10.2 Å². The first kappa shape index (κ1) is 15.0. The Bertz CT molecular complexity index is 883. The molecule has 3 aromatic rings. The molecule has 0 atom stereocenters. The Hall–Kier alpha value is -2.90. The Labute approximate surface area is 131 Å². The Balaban J connectivity index is 1.96. The number of amides is 1. The molecule has 118 valence electrons. The van der Waals surface area contributed by atoms with Gasteiger partial charge in [-0.3, -0.25) is 9.48 Å². The summed E-state index contributed by atoms with van der Waals surface area (Å²) in [6, 6.07) is 7.18. The molecule has 1 aromatic carbocycles. The second kappa shape index (κ2) is 5.38. The van der Waals surface area contributed by atoms with Crippen LogP contribution >= 0.6 is 0 Å². The average molecular weight is 314 g/mol. The molecule has 7 nitrogen and oxygen atoms in total. The fraction of sp³-hybridized carbons (Fsp3) is 0.267. The Kier molecular flexibility index (Phi) is 3.51. The number of anilines is 1. The zero-order valence-corrected chi connectivity index (χ0v) is 12.9. The summed E-state index contributed by atoms with van der Waals surface area (Å²) in [6.45, 7) is 2.37. The van der Waals surface area contributed by atoms with Gasteiger partial charge in [-0.05, 0) is 32.0 Å². The maximum atomic E-state index is 13.6. The van der Waals surface area contributed by atoms with E-state index in [-0.39, 0.29) is 5.82 Å². The Morgan fingerprint density at radius 1 is 1.22 bits per heavy atom. The van der Waals surface area contributed by atoms with Crippen LogP contribution in [-0.2, 0) is 11.8 Å². The minimum Gasteiger partial charge on any atom is -0.306 e. The lowest BCUT2D eigenvalue weighted by Crippen LogP contribution is -2.32. The van der Waals surface area contributed by atoms with Gasteiger partial charge in [-0.25, -0.2) is 4.39 Å². The van der Waals surface area contributed by atoms with E-state index in [0.717, 1.165) is 16.6 Å². The third kappa shape index (κ3) is 3.15. The van der Waals surface area contributed by atoms with Gasteiger partial charge in [0.25, 0.3) is 5.91 Å². The summed E-state index contributed by atoms with van der Waals surface area (Å²) in [6.07, 6.45) is 1.80. The second-order valence-corrected chi connectivity index (χ2v) is 5.71. The van der Waals surface area contributed by atoms with Crippen LogP contribution in [0.3, 0.4) is 0 Å². The van der Waals surface area contributed by atoms with Crippen molar-refractivity contribution in [3.05, 3.63) is 30.5 Å². The largest absolute Gasteiger partial charge is 0.306 e. The fourth-order valence-corrected chi connectivity index (χ4v) is 2.01. The van der Waals surface area contributed by atoms with Crippen molar-refractivity contribution < 1.29 is 9.18 Å². The number of nitrogens with zero attached hydrogens (tertiary/aromatic N) is 5. The lowest BCUT2D eigenvalue weighted by atomic mass is 10.1. The number of rotatable bonds is 3. The first-order chi connectivity index (χ1) is 10.8. The highest BCUT2D eigenvalue weighted by Gasteiger charge is 2.26. The molecule has 8 heteroatoms. The van der Waals surface area contributed by atoms with Gasteiger partial charge in [0.05, 0.1) is 11.7 Å². The van der Waals surface area contributed by atoms with Crippen molar-refractivity contribution in [1.82, 2.24) is 25.2 Å². The quantitative estimate of drug-likeness (QED) is 0.800. The zero-order valence-electron chi connectivity index (χ0n) is 12.9. The third-order valence-corrected chi connectivity index (χ3v) is 3.27. The molecule has 0 aliphatic carbocycles. The van der Waals surface area contributed by atoms with E-state index in [2.05, 4.69) is 25.8 Å². The number of nitrogens with one attached hydrogen (secondary N) is 1. The number of carbonyl (C=O) groups excluding carboxylic acids is 1. The maximum Gasteiger partial charge on any atom is 0.262 e. The van der Waals surface area contributed by atoms with Crippen LogP contribution in [0, 0.1) is 0 Å². The molecular formula is C15H15FN6O.